The first-order valence-electron chi connectivity index (χ1n) is 14.9. The van der Waals surface area contributed by atoms with Gasteiger partial charge in [0.1, 0.15) is 17.8 Å². The minimum absolute atomic E-state index is 0.0210. The van der Waals surface area contributed by atoms with Gasteiger partial charge in [0.05, 0.1) is 19.6 Å². The zero-order valence-corrected chi connectivity index (χ0v) is 26.0. The summed E-state index contributed by atoms with van der Waals surface area (Å²) in [5.41, 5.74) is 0.930. The molecule has 0 bridgehead atoms. The minimum Gasteiger partial charge on any atom is -0.499 e. The summed E-state index contributed by atoms with van der Waals surface area (Å²) in [5.74, 6) is -1.69. The number of nitrogens with one attached hydrogen (secondary N) is 1. The zero-order valence-electron chi connectivity index (χ0n) is 26.0. The van der Waals surface area contributed by atoms with E-state index in [0.717, 1.165) is 16.9 Å². The standard InChI is InChI=1S/C32H47N3O7/c1-8-21(4)29(33-5)26(41-7)19-27(36)34-16-12-15-23(34)32(39)42-30(20(2)3)31(38)35-24(25(40-6)18-28(35)37)17-22-13-10-9-11-14-22/h9-11,13-14,18,20-21,23-24,26,29-30,33H,8,12,15-17,19H2,1-7H3/t21-,23-,24-,26+,29-,30-/m0/s1. The van der Waals surface area contributed by atoms with Crippen molar-refractivity contribution in [1.82, 2.24) is 15.1 Å². The number of ether oxygens (including phenoxy) is 3. The van der Waals surface area contributed by atoms with Gasteiger partial charge in [-0.2, -0.15) is 0 Å². The molecule has 0 saturated carbocycles. The number of hydrogen-bond acceptors (Lipinski definition) is 8. The van der Waals surface area contributed by atoms with Crippen LogP contribution >= 0.6 is 0 Å². The van der Waals surface area contributed by atoms with Gasteiger partial charge >= 0.3 is 5.97 Å². The highest BCUT2D eigenvalue weighted by molar-refractivity contribution is 6.06. The topological polar surface area (TPSA) is 114 Å². The second-order valence-electron chi connectivity index (χ2n) is 11.5. The van der Waals surface area contributed by atoms with Crippen molar-refractivity contribution in [1.29, 1.82) is 0 Å². The lowest BCUT2D eigenvalue weighted by Crippen LogP contribution is -2.52. The molecule has 42 heavy (non-hydrogen) atoms. The smallest absolute Gasteiger partial charge is 0.329 e. The minimum atomic E-state index is -1.20. The Morgan fingerprint density at radius 3 is 2.36 bits per heavy atom. The van der Waals surface area contributed by atoms with Crippen molar-refractivity contribution < 1.29 is 33.4 Å². The summed E-state index contributed by atoms with van der Waals surface area (Å²) in [6.07, 6.45) is 2.26. The average Bonchev–Trinajstić information content (AvgIpc) is 3.60. The number of likely N-dealkylation sites (N-methyl/N-ethyl adjacent to an activating group) is 1. The monoisotopic (exact) mass is 585 g/mol. The van der Waals surface area contributed by atoms with Crippen LogP contribution in [0.5, 0.6) is 0 Å². The van der Waals surface area contributed by atoms with Crippen LogP contribution in [0.1, 0.15) is 58.9 Å². The Hall–Kier alpha value is -3.24. The van der Waals surface area contributed by atoms with Gasteiger partial charge in [-0.15, -0.1) is 0 Å². The molecule has 0 radical (unpaired) electrons. The third-order valence-electron chi connectivity index (χ3n) is 8.49. The lowest BCUT2D eigenvalue weighted by atomic mass is 9.92. The number of nitrogens with zero attached hydrogens (tertiary/aromatic N) is 2. The van der Waals surface area contributed by atoms with E-state index < -0.39 is 41.9 Å². The number of methoxy groups -OCH3 is 2. The van der Waals surface area contributed by atoms with Gasteiger partial charge in [0.25, 0.3) is 11.8 Å². The van der Waals surface area contributed by atoms with Gasteiger partial charge in [-0.3, -0.25) is 19.3 Å². The number of likely N-dealkylation sites (tertiary alicyclic amines) is 1. The van der Waals surface area contributed by atoms with Crippen LogP contribution in [0.4, 0.5) is 0 Å². The highest BCUT2D eigenvalue weighted by Crippen LogP contribution is 2.28. The molecule has 1 aromatic rings. The fraction of sp³-hybridized carbons (Fsp3) is 0.625. The normalized spacial score (nSPS) is 21.6. The molecule has 0 aromatic heterocycles. The first-order valence-corrected chi connectivity index (χ1v) is 14.9. The number of hydrogen-bond donors (Lipinski definition) is 1. The van der Waals surface area contributed by atoms with Crippen molar-refractivity contribution in [2.24, 2.45) is 11.8 Å². The summed E-state index contributed by atoms with van der Waals surface area (Å²) < 4.78 is 17.0. The lowest BCUT2D eigenvalue weighted by Gasteiger charge is -2.33. The summed E-state index contributed by atoms with van der Waals surface area (Å²) in [6, 6.07) is 8.03. The molecule has 0 unspecified atom stereocenters. The van der Waals surface area contributed by atoms with Crippen LogP contribution in [0.3, 0.4) is 0 Å². The Morgan fingerprint density at radius 1 is 1.10 bits per heavy atom. The molecule has 1 saturated heterocycles. The predicted octanol–water partition coefficient (Wildman–Crippen LogP) is 3.09. The van der Waals surface area contributed by atoms with Gasteiger partial charge in [-0.05, 0) is 37.3 Å². The zero-order chi connectivity index (χ0) is 31.0. The molecule has 1 aromatic carbocycles. The first kappa shape index (κ1) is 33.3. The van der Waals surface area contributed by atoms with Crippen LogP contribution in [-0.4, -0.2) is 91.6 Å². The van der Waals surface area contributed by atoms with E-state index in [4.69, 9.17) is 14.2 Å². The van der Waals surface area contributed by atoms with Gasteiger partial charge in [0.2, 0.25) is 5.91 Å². The van der Waals surface area contributed by atoms with E-state index in [0.29, 0.717) is 31.6 Å². The average molecular weight is 586 g/mol. The van der Waals surface area contributed by atoms with E-state index in [1.807, 2.05) is 37.4 Å². The van der Waals surface area contributed by atoms with Crippen molar-refractivity contribution in [3.8, 4) is 0 Å². The molecular weight excluding hydrogens is 538 g/mol. The van der Waals surface area contributed by atoms with Gasteiger partial charge in [-0.25, -0.2) is 4.79 Å². The highest BCUT2D eigenvalue weighted by atomic mass is 16.6. The molecule has 1 fully saturated rings. The third kappa shape index (κ3) is 7.58. The molecule has 10 heteroatoms. The number of rotatable bonds is 14. The number of benzene rings is 1. The van der Waals surface area contributed by atoms with Crippen molar-refractivity contribution in [2.75, 3.05) is 27.8 Å². The summed E-state index contributed by atoms with van der Waals surface area (Å²) in [7, 11) is 4.91. The third-order valence-corrected chi connectivity index (χ3v) is 8.49. The fourth-order valence-corrected chi connectivity index (χ4v) is 5.91. The largest absolute Gasteiger partial charge is 0.499 e. The van der Waals surface area contributed by atoms with E-state index in [-0.39, 0.29) is 30.4 Å². The Morgan fingerprint density at radius 2 is 1.79 bits per heavy atom. The SMILES string of the molecule is CC[C@H](C)[C@H](NC)[C@@H](CC(=O)N1CCC[C@H]1C(=O)O[C@H](C(=O)N1C(=O)C=C(OC)[C@@H]1Cc1ccccc1)C(C)C)OC. The molecule has 10 nitrogen and oxygen atoms in total. The number of carbonyl (C=O) groups is 4. The van der Waals surface area contributed by atoms with Crippen molar-refractivity contribution in [2.45, 2.75) is 90.1 Å². The maximum atomic E-state index is 13.8. The van der Waals surface area contributed by atoms with Crippen molar-refractivity contribution in [3.63, 3.8) is 0 Å². The van der Waals surface area contributed by atoms with E-state index in [1.165, 1.54) is 13.2 Å². The molecular formula is C32H47N3O7. The number of esters is 1. The molecule has 6 atom stereocenters. The fourth-order valence-electron chi connectivity index (χ4n) is 5.91. The lowest BCUT2D eigenvalue weighted by molar-refractivity contribution is -0.170. The Bertz CT molecular complexity index is 1120. The maximum absolute atomic E-state index is 13.8. The molecule has 0 spiro atoms. The van der Waals surface area contributed by atoms with E-state index in [2.05, 4.69) is 19.2 Å². The van der Waals surface area contributed by atoms with Crippen LogP contribution in [0, 0.1) is 11.8 Å². The van der Waals surface area contributed by atoms with Gasteiger partial charge in [0.15, 0.2) is 6.10 Å². The van der Waals surface area contributed by atoms with Crippen molar-refractivity contribution >= 4 is 23.7 Å². The summed E-state index contributed by atoms with van der Waals surface area (Å²) in [4.78, 5) is 56.5. The summed E-state index contributed by atoms with van der Waals surface area (Å²) in [6.45, 7) is 8.15. The van der Waals surface area contributed by atoms with E-state index >= 15 is 0 Å². The molecule has 1 N–H and O–H groups in total. The quantitative estimate of drug-likeness (QED) is 0.332. The predicted molar refractivity (Wildman–Crippen MR) is 158 cm³/mol. The summed E-state index contributed by atoms with van der Waals surface area (Å²) in [5, 5.41) is 3.27. The number of imide groups is 1. The molecule has 232 valence electrons. The molecule has 2 aliphatic rings. The van der Waals surface area contributed by atoms with Gasteiger partial charge < -0.3 is 24.4 Å². The Balaban J connectivity index is 1.75. The first-order chi connectivity index (χ1) is 20.1. The van der Waals surface area contributed by atoms with Crippen molar-refractivity contribution in [3.05, 3.63) is 47.7 Å². The Labute approximate surface area is 249 Å². The van der Waals surface area contributed by atoms with Crippen LogP contribution in [0.2, 0.25) is 0 Å². The summed E-state index contributed by atoms with van der Waals surface area (Å²) >= 11 is 0. The van der Waals surface area contributed by atoms with Gasteiger partial charge in [-0.1, -0.05) is 64.4 Å². The van der Waals surface area contributed by atoms with Crippen LogP contribution < -0.4 is 5.32 Å². The highest BCUT2D eigenvalue weighted by Gasteiger charge is 2.45. The second-order valence-corrected chi connectivity index (χ2v) is 11.5. The van der Waals surface area contributed by atoms with E-state index in [1.54, 1.807) is 25.9 Å². The maximum Gasteiger partial charge on any atom is 0.329 e. The van der Waals surface area contributed by atoms with Crippen LogP contribution in [0.15, 0.2) is 42.2 Å². The van der Waals surface area contributed by atoms with Crippen LogP contribution in [0.25, 0.3) is 0 Å². The molecule has 0 aliphatic carbocycles. The number of carbonyl (C=O) groups excluding carboxylic acids is 4. The van der Waals surface area contributed by atoms with Gasteiger partial charge in [0, 0.05) is 32.2 Å². The molecule has 2 aliphatic heterocycles. The molecule has 3 amide bonds. The van der Waals surface area contributed by atoms with E-state index in [9.17, 15) is 19.2 Å². The van der Waals surface area contributed by atoms with Crippen LogP contribution in [-0.2, 0) is 39.8 Å². The molecule has 3 rings (SSSR count). The second kappa shape index (κ2) is 15.3. The molecule has 2 heterocycles. The Kier molecular flexibility index (Phi) is 12.1. The number of amides is 3.